The largest absolute Gasteiger partial charge is 0.454 e. The lowest BCUT2D eigenvalue weighted by atomic mass is 10.2. The van der Waals surface area contributed by atoms with E-state index in [4.69, 9.17) is 9.47 Å². The van der Waals surface area contributed by atoms with Crippen LogP contribution in [-0.2, 0) is 29.1 Å². The predicted octanol–water partition coefficient (Wildman–Crippen LogP) is 0.164. The number of ether oxygens (including phenoxy) is 2. The smallest absolute Gasteiger partial charge is 0.324 e. The highest BCUT2D eigenvalue weighted by atomic mass is 32.2. The maximum absolute atomic E-state index is 12.8. The predicted molar refractivity (Wildman–Crippen MR) is 102 cm³/mol. The fourth-order valence-corrected chi connectivity index (χ4v) is 4.46. The number of esters is 1. The van der Waals surface area contributed by atoms with Gasteiger partial charge in [-0.3, -0.25) is 14.9 Å². The van der Waals surface area contributed by atoms with Crippen molar-refractivity contribution >= 4 is 27.9 Å². The number of sulfonamides is 1. The first kappa shape index (κ1) is 22.8. The van der Waals surface area contributed by atoms with E-state index in [-0.39, 0.29) is 24.6 Å². The van der Waals surface area contributed by atoms with E-state index in [0.717, 1.165) is 9.87 Å². The highest BCUT2D eigenvalue weighted by molar-refractivity contribution is 7.89. The van der Waals surface area contributed by atoms with Crippen molar-refractivity contribution in [3.05, 3.63) is 29.8 Å². The number of urea groups is 1. The summed E-state index contributed by atoms with van der Waals surface area (Å²) in [5.74, 6) is -1.65. The van der Waals surface area contributed by atoms with Gasteiger partial charge in [-0.15, -0.1) is 0 Å². The second kappa shape index (κ2) is 10.3. The third-order valence-corrected chi connectivity index (χ3v) is 6.22. The van der Waals surface area contributed by atoms with Crippen LogP contribution in [0, 0.1) is 6.92 Å². The molecule has 2 N–H and O–H groups in total. The zero-order valence-corrected chi connectivity index (χ0v) is 17.2. The summed E-state index contributed by atoms with van der Waals surface area (Å²) in [7, 11) is -2.40. The average molecular weight is 427 g/mol. The van der Waals surface area contributed by atoms with Crippen molar-refractivity contribution < 1.29 is 32.3 Å². The van der Waals surface area contributed by atoms with Gasteiger partial charge in [0.15, 0.2) is 6.61 Å². The van der Waals surface area contributed by atoms with Crippen molar-refractivity contribution in [3.8, 4) is 0 Å². The summed E-state index contributed by atoms with van der Waals surface area (Å²) in [4.78, 5) is 35.6. The van der Waals surface area contributed by atoms with Gasteiger partial charge in [0, 0.05) is 20.2 Å². The number of benzene rings is 1. The second-order valence-corrected chi connectivity index (χ2v) is 8.38. The van der Waals surface area contributed by atoms with Crippen LogP contribution in [0.3, 0.4) is 0 Å². The molecule has 0 aromatic heterocycles. The lowest BCUT2D eigenvalue weighted by Crippen LogP contribution is -2.44. The molecule has 0 saturated carbocycles. The second-order valence-electron chi connectivity index (χ2n) is 6.49. The van der Waals surface area contributed by atoms with Crippen LogP contribution in [0.15, 0.2) is 29.2 Å². The molecule has 0 spiro atoms. The molecular weight excluding hydrogens is 402 g/mol. The SMILES string of the molecule is COCCNC(=O)NC(=O)COC(=O)C1CCCN1S(=O)(=O)c1ccc(C)cc1. The molecule has 1 aromatic rings. The molecule has 1 aliphatic rings. The van der Waals surface area contributed by atoms with E-state index in [1.165, 1.54) is 19.2 Å². The third kappa shape index (κ3) is 6.24. The Morgan fingerprint density at radius 2 is 1.90 bits per heavy atom. The Bertz CT molecular complexity index is 840. The first-order valence-electron chi connectivity index (χ1n) is 9.07. The van der Waals surface area contributed by atoms with Gasteiger partial charge in [-0.25, -0.2) is 13.2 Å². The summed E-state index contributed by atoms with van der Waals surface area (Å²) < 4.78 is 36.5. The molecule has 2 rings (SSSR count). The number of rotatable bonds is 8. The number of carbonyl (C=O) groups excluding carboxylic acids is 3. The molecule has 1 aromatic carbocycles. The van der Waals surface area contributed by atoms with Crippen molar-refractivity contribution in [1.29, 1.82) is 0 Å². The van der Waals surface area contributed by atoms with E-state index in [0.29, 0.717) is 12.8 Å². The van der Waals surface area contributed by atoms with Gasteiger partial charge >= 0.3 is 12.0 Å². The van der Waals surface area contributed by atoms with Crippen molar-refractivity contribution in [1.82, 2.24) is 14.9 Å². The van der Waals surface area contributed by atoms with Crippen molar-refractivity contribution in [2.24, 2.45) is 0 Å². The molecule has 10 nitrogen and oxygen atoms in total. The van der Waals surface area contributed by atoms with Crippen molar-refractivity contribution in [3.63, 3.8) is 0 Å². The number of amides is 3. The normalized spacial score (nSPS) is 17.0. The van der Waals surface area contributed by atoms with Gasteiger partial charge < -0.3 is 14.8 Å². The quantitative estimate of drug-likeness (QED) is 0.446. The molecule has 29 heavy (non-hydrogen) atoms. The molecule has 0 bridgehead atoms. The van der Waals surface area contributed by atoms with Crippen LogP contribution in [-0.4, -0.2) is 70.1 Å². The van der Waals surface area contributed by atoms with E-state index in [2.05, 4.69) is 5.32 Å². The number of methoxy groups -OCH3 is 1. The minimum absolute atomic E-state index is 0.0910. The average Bonchev–Trinajstić information content (AvgIpc) is 3.17. The number of carbonyl (C=O) groups is 3. The molecule has 3 amide bonds. The fraction of sp³-hybridized carbons (Fsp3) is 0.500. The standard InChI is InChI=1S/C18H25N3O7S/c1-13-5-7-14(8-6-13)29(25,26)21-10-3-4-15(21)17(23)28-12-16(22)20-18(24)19-9-11-27-2/h5-8,15H,3-4,9-12H2,1-2H3,(H2,19,20,22,24). The van der Waals surface area contributed by atoms with Gasteiger partial charge in [0.1, 0.15) is 6.04 Å². The zero-order valence-electron chi connectivity index (χ0n) is 16.3. The molecule has 1 unspecified atom stereocenters. The maximum Gasteiger partial charge on any atom is 0.324 e. The molecule has 11 heteroatoms. The number of imide groups is 1. The summed E-state index contributed by atoms with van der Waals surface area (Å²) in [5.41, 5.74) is 0.915. The molecule has 0 aliphatic carbocycles. The number of nitrogens with zero attached hydrogens (tertiary/aromatic N) is 1. The summed E-state index contributed by atoms with van der Waals surface area (Å²) in [6.07, 6.45) is 0.794. The van der Waals surface area contributed by atoms with Gasteiger partial charge in [0.05, 0.1) is 11.5 Å². The van der Waals surface area contributed by atoms with Crippen LogP contribution in [0.1, 0.15) is 18.4 Å². The Kier molecular flexibility index (Phi) is 8.11. The Balaban J connectivity index is 1.92. The number of nitrogens with one attached hydrogen (secondary N) is 2. The highest BCUT2D eigenvalue weighted by Gasteiger charge is 2.40. The van der Waals surface area contributed by atoms with Crippen LogP contribution in [0.4, 0.5) is 4.79 Å². The first-order valence-corrected chi connectivity index (χ1v) is 10.5. The minimum Gasteiger partial charge on any atom is -0.454 e. The summed E-state index contributed by atoms with van der Waals surface area (Å²) in [6, 6.07) is 4.58. The lowest BCUT2D eigenvalue weighted by Gasteiger charge is -2.22. The van der Waals surface area contributed by atoms with Crippen LogP contribution < -0.4 is 10.6 Å². The molecule has 1 saturated heterocycles. The van der Waals surface area contributed by atoms with Gasteiger partial charge in [-0.05, 0) is 31.9 Å². The maximum atomic E-state index is 12.8. The number of hydrogen-bond acceptors (Lipinski definition) is 7. The fourth-order valence-electron chi connectivity index (χ4n) is 2.82. The molecule has 1 atom stereocenters. The van der Waals surface area contributed by atoms with Crippen LogP contribution in [0.5, 0.6) is 0 Å². The zero-order chi connectivity index (χ0) is 21.4. The summed E-state index contributed by atoms with van der Waals surface area (Å²) in [6.45, 7) is 1.83. The lowest BCUT2D eigenvalue weighted by molar-refractivity contribution is -0.151. The van der Waals surface area contributed by atoms with E-state index in [1.54, 1.807) is 12.1 Å². The van der Waals surface area contributed by atoms with E-state index in [9.17, 15) is 22.8 Å². The van der Waals surface area contributed by atoms with Gasteiger partial charge in [0.25, 0.3) is 5.91 Å². The van der Waals surface area contributed by atoms with E-state index in [1.807, 2.05) is 12.2 Å². The first-order chi connectivity index (χ1) is 13.8. The van der Waals surface area contributed by atoms with E-state index < -0.39 is 40.6 Å². The van der Waals surface area contributed by atoms with Gasteiger partial charge in [0.2, 0.25) is 10.0 Å². The molecular formula is C18H25N3O7S. The molecule has 1 fully saturated rings. The van der Waals surface area contributed by atoms with Crippen LogP contribution in [0.25, 0.3) is 0 Å². The Morgan fingerprint density at radius 1 is 1.21 bits per heavy atom. The molecule has 160 valence electrons. The Hall–Kier alpha value is -2.50. The highest BCUT2D eigenvalue weighted by Crippen LogP contribution is 2.27. The third-order valence-electron chi connectivity index (χ3n) is 4.29. The van der Waals surface area contributed by atoms with Crippen LogP contribution in [0.2, 0.25) is 0 Å². The topological polar surface area (TPSA) is 131 Å². The molecule has 1 heterocycles. The molecule has 1 aliphatic heterocycles. The number of aryl methyl sites for hydroxylation is 1. The van der Waals surface area contributed by atoms with Gasteiger partial charge in [-0.1, -0.05) is 17.7 Å². The van der Waals surface area contributed by atoms with Crippen molar-refractivity contribution in [2.45, 2.75) is 30.7 Å². The van der Waals surface area contributed by atoms with Crippen molar-refractivity contribution in [2.75, 3.05) is 33.4 Å². The Morgan fingerprint density at radius 3 is 2.55 bits per heavy atom. The number of hydrogen-bond donors (Lipinski definition) is 2. The summed E-state index contributed by atoms with van der Waals surface area (Å²) in [5, 5.41) is 4.39. The summed E-state index contributed by atoms with van der Waals surface area (Å²) >= 11 is 0. The monoisotopic (exact) mass is 427 g/mol. The molecule has 0 radical (unpaired) electrons. The van der Waals surface area contributed by atoms with E-state index >= 15 is 0 Å². The minimum atomic E-state index is -3.86. The van der Waals surface area contributed by atoms with Gasteiger partial charge in [-0.2, -0.15) is 4.31 Å². The van der Waals surface area contributed by atoms with Crippen LogP contribution >= 0.6 is 0 Å². The Labute approximate surface area is 169 Å².